The van der Waals surface area contributed by atoms with Crippen molar-refractivity contribution in [3.05, 3.63) is 65.0 Å². The topological polar surface area (TPSA) is 34.2 Å². The van der Waals surface area contributed by atoms with E-state index in [9.17, 15) is 26.3 Å². The highest BCUT2D eigenvalue weighted by Gasteiger charge is 2.48. The highest BCUT2D eigenvalue weighted by Crippen LogP contribution is 2.50. The Balaban J connectivity index is 1.52. The minimum atomic E-state index is -4.46. The molecule has 1 spiro atoms. The lowest BCUT2D eigenvalue weighted by Gasteiger charge is -2.47. The highest BCUT2D eigenvalue weighted by atomic mass is 19.4. The van der Waals surface area contributed by atoms with Crippen LogP contribution in [-0.4, -0.2) is 23.7 Å². The van der Waals surface area contributed by atoms with E-state index in [1.54, 1.807) is 12.1 Å². The quantitative estimate of drug-likeness (QED) is 0.366. The predicted octanol–water partition coefficient (Wildman–Crippen LogP) is 6.66. The maximum atomic E-state index is 13.3. The summed E-state index contributed by atoms with van der Waals surface area (Å²) in [6.45, 7) is 0.943. The van der Waals surface area contributed by atoms with Crippen LogP contribution >= 0.6 is 0 Å². The number of hydrogen-bond donors (Lipinski definition) is 1. The van der Waals surface area contributed by atoms with Crippen molar-refractivity contribution in [3.8, 4) is 0 Å². The Bertz CT molecular complexity index is 967. The first-order valence-corrected chi connectivity index (χ1v) is 11.6. The first-order valence-electron chi connectivity index (χ1n) is 11.6. The van der Waals surface area contributed by atoms with Gasteiger partial charge in [-0.25, -0.2) is 0 Å². The van der Waals surface area contributed by atoms with Crippen LogP contribution in [0.4, 0.5) is 26.3 Å². The zero-order valence-electron chi connectivity index (χ0n) is 18.7. The Kier molecular flexibility index (Phi) is 6.97. The summed E-state index contributed by atoms with van der Waals surface area (Å²) in [5.41, 5.74) is -1.19. The number of pyridine rings is 1. The lowest BCUT2D eigenvalue weighted by Crippen LogP contribution is -2.47. The van der Waals surface area contributed by atoms with E-state index in [1.807, 2.05) is 0 Å². The third kappa shape index (κ3) is 5.40. The molecule has 4 rings (SSSR count). The lowest BCUT2D eigenvalue weighted by molar-refractivity contribution is -0.138. The van der Waals surface area contributed by atoms with Gasteiger partial charge in [-0.2, -0.15) is 26.3 Å². The van der Waals surface area contributed by atoms with Crippen molar-refractivity contribution in [1.82, 2.24) is 10.3 Å². The number of benzene rings is 1. The number of halogens is 6. The number of nitrogens with one attached hydrogen (secondary N) is 1. The van der Waals surface area contributed by atoms with Crippen LogP contribution in [0.15, 0.2) is 42.7 Å². The van der Waals surface area contributed by atoms with Crippen molar-refractivity contribution in [2.75, 3.05) is 13.2 Å². The molecule has 2 aliphatic rings. The molecule has 0 bridgehead atoms. The molecule has 9 heteroatoms. The number of nitrogens with zero attached hydrogens (tertiary/aromatic N) is 1. The van der Waals surface area contributed by atoms with Crippen LogP contribution in [-0.2, 0) is 29.0 Å². The van der Waals surface area contributed by atoms with Gasteiger partial charge in [-0.1, -0.05) is 25.0 Å². The van der Waals surface area contributed by atoms with E-state index in [2.05, 4.69) is 10.3 Å². The smallest absolute Gasteiger partial charge is 0.375 e. The number of ether oxygens (including phenoxy) is 1. The van der Waals surface area contributed by atoms with Gasteiger partial charge in [-0.05, 0) is 68.0 Å². The lowest BCUT2D eigenvalue weighted by atomic mass is 9.66. The van der Waals surface area contributed by atoms with Crippen molar-refractivity contribution in [2.24, 2.45) is 0 Å². The summed E-state index contributed by atoms with van der Waals surface area (Å²) in [6, 6.07) is 6.31. The van der Waals surface area contributed by atoms with Crippen molar-refractivity contribution in [3.63, 3.8) is 0 Å². The van der Waals surface area contributed by atoms with Crippen LogP contribution in [0.25, 0.3) is 0 Å². The van der Waals surface area contributed by atoms with Crippen LogP contribution in [0.1, 0.15) is 67.2 Å². The molecule has 1 N–H and O–H groups in total. The Labute approximate surface area is 194 Å². The Morgan fingerprint density at radius 2 is 1.62 bits per heavy atom. The monoisotopic (exact) mass is 486 g/mol. The molecule has 1 aliphatic carbocycles. The third-order valence-electron chi connectivity index (χ3n) is 7.29. The van der Waals surface area contributed by atoms with E-state index in [1.165, 1.54) is 6.20 Å². The Hall–Kier alpha value is -2.13. The van der Waals surface area contributed by atoms with Gasteiger partial charge >= 0.3 is 12.4 Å². The molecular weight excluding hydrogens is 458 g/mol. The van der Waals surface area contributed by atoms with E-state index in [-0.39, 0.29) is 17.7 Å². The molecule has 1 atom stereocenters. The number of hydrogen-bond acceptors (Lipinski definition) is 3. The van der Waals surface area contributed by atoms with Crippen LogP contribution in [0.3, 0.4) is 0 Å². The fourth-order valence-corrected chi connectivity index (χ4v) is 5.57. The molecule has 34 heavy (non-hydrogen) atoms. The third-order valence-corrected chi connectivity index (χ3v) is 7.29. The van der Waals surface area contributed by atoms with Gasteiger partial charge in [-0.15, -0.1) is 0 Å². The average molecular weight is 487 g/mol. The molecule has 0 amide bonds. The van der Waals surface area contributed by atoms with Crippen LogP contribution in [0.2, 0.25) is 0 Å². The summed E-state index contributed by atoms with van der Waals surface area (Å²) in [4.78, 5) is 3.82. The van der Waals surface area contributed by atoms with Gasteiger partial charge in [0, 0.05) is 31.0 Å². The molecule has 1 saturated heterocycles. The normalized spacial score (nSPS) is 22.9. The van der Waals surface area contributed by atoms with Gasteiger partial charge in [0.1, 0.15) is 0 Å². The van der Waals surface area contributed by atoms with Gasteiger partial charge in [0.2, 0.25) is 0 Å². The summed E-state index contributed by atoms with van der Waals surface area (Å²) in [5, 5.41) is 3.11. The number of rotatable bonds is 6. The van der Waals surface area contributed by atoms with E-state index < -0.39 is 28.9 Å². The highest BCUT2D eigenvalue weighted by molar-refractivity contribution is 5.32. The fourth-order valence-electron chi connectivity index (χ4n) is 5.57. The van der Waals surface area contributed by atoms with Crippen molar-refractivity contribution in [1.29, 1.82) is 0 Å². The molecule has 0 unspecified atom stereocenters. The maximum absolute atomic E-state index is 13.3. The van der Waals surface area contributed by atoms with Crippen molar-refractivity contribution >= 4 is 0 Å². The van der Waals surface area contributed by atoms with E-state index in [4.69, 9.17) is 4.74 Å². The molecular formula is C25H28F6N2O. The van der Waals surface area contributed by atoms with Crippen LogP contribution in [0, 0.1) is 0 Å². The van der Waals surface area contributed by atoms with Crippen LogP contribution in [0.5, 0.6) is 0 Å². The minimum Gasteiger partial charge on any atom is -0.375 e. The predicted molar refractivity (Wildman–Crippen MR) is 115 cm³/mol. The van der Waals surface area contributed by atoms with Gasteiger partial charge in [0.05, 0.1) is 16.7 Å². The molecule has 2 fully saturated rings. The maximum Gasteiger partial charge on any atom is 0.416 e. The Morgan fingerprint density at radius 3 is 2.26 bits per heavy atom. The second-order valence-electron chi connectivity index (χ2n) is 9.48. The fraction of sp³-hybridized carbons (Fsp3) is 0.560. The minimum absolute atomic E-state index is 0.00736. The standard InChI is InChI=1S/C25H28F6N2O/c26-24(27,28)20-5-3-19(4-6-20)22(11-14-34-23(17-22)8-1-2-9-23)10-13-33-16-18-15-32-12-7-21(18)25(29,30)31/h3-7,12,15,33H,1-2,8-11,13-14,16-17H2/t22-/m1/s1. The van der Waals surface area contributed by atoms with E-state index in [0.717, 1.165) is 55.6 Å². The average Bonchev–Trinajstić information content (AvgIpc) is 3.23. The summed E-state index contributed by atoms with van der Waals surface area (Å²) in [6.07, 6.45) is -0.627. The molecule has 1 aromatic carbocycles. The van der Waals surface area contributed by atoms with Crippen LogP contribution < -0.4 is 5.32 Å². The molecule has 0 radical (unpaired) electrons. The SMILES string of the molecule is FC(F)(F)c1ccc([C@]2(CCNCc3cnccc3C(F)(F)F)CCOC3(CCCC3)C2)cc1. The molecule has 1 saturated carbocycles. The van der Waals surface area contributed by atoms with Crippen molar-refractivity contribution < 1.29 is 31.1 Å². The number of aromatic nitrogens is 1. The van der Waals surface area contributed by atoms with E-state index >= 15 is 0 Å². The summed E-state index contributed by atoms with van der Waals surface area (Å²) < 4.78 is 85.3. The molecule has 3 nitrogen and oxygen atoms in total. The zero-order chi connectivity index (χ0) is 24.5. The van der Waals surface area contributed by atoms with Gasteiger partial charge < -0.3 is 10.1 Å². The molecule has 1 aromatic heterocycles. The zero-order valence-corrected chi connectivity index (χ0v) is 18.7. The number of alkyl halides is 6. The second kappa shape index (κ2) is 9.49. The first-order chi connectivity index (χ1) is 16.0. The largest absolute Gasteiger partial charge is 0.416 e. The summed E-state index contributed by atoms with van der Waals surface area (Å²) in [7, 11) is 0. The van der Waals surface area contributed by atoms with Gasteiger partial charge in [0.25, 0.3) is 0 Å². The first kappa shape index (κ1) is 25.0. The van der Waals surface area contributed by atoms with E-state index in [0.29, 0.717) is 32.4 Å². The molecule has 186 valence electrons. The van der Waals surface area contributed by atoms with Crippen molar-refractivity contribution in [2.45, 2.75) is 74.9 Å². The molecule has 2 aromatic rings. The second-order valence-corrected chi connectivity index (χ2v) is 9.48. The van der Waals surface area contributed by atoms with Gasteiger partial charge in [-0.3, -0.25) is 4.98 Å². The molecule has 1 aliphatic heterocycles. The Morgan fingerprint density at radius 1 is 0.912 bits per heavy atom. The summed E-state index contributed by atoms with van der Waals surface area (Å²) >= 11 is 0. The van der Waals surface area contributed by atoms with Gasteiger partial charge in [0.15, 0.2) is 0 Å². The molecule has 2 heterocycles. The summed E-state index contributed by atoms with van der Waals surface area (Å²) in [5.74, 6) is 0.